The molecule has 1 N–H and O–H groups in total. The van der Waals surface area contributed by atoms with Crippen molar-refractivity contribution < 1.29 is 26.8 Å². The van der Waals surface area contributed by atoms with Gasteiger partial charge in [0.05, 0.1) is 5.56 Å². The van der Waals surface area contributed by atoms with E-state index in [1.165, 1.54) is 0 Å². The Hall–Kier alpha value is -2.29. The van der Waals surface area contributed by atoms with Gasteiger partial charge in [0, 0.05) is 22.4 Å². The molecule has 1 aromatic heterocycles. The van der Waals surface area contributed by atoms with E-state index >= 15 is 0 Å². The lowest BCUT2D eigenvalue weighted by molar-refractivity contribution is 0.230. The predicted octanol–water partition coefficient (Wildman–Crippen LogP) is 4.14. The minimum Gasteiger partial charge on any atom is -0.388 e. The van der Waals surface area contributed by atoms with Crippen molar-refractivity contribution in [3.63, 3.8) is 0 Å². The van der Waals surface area contributed by atoms with Gasteiger partial charge >= 0.3 is 0 Å². The Labute approximate surface area is 159 Å². The van der Waals surface area contributed by atoms with E-state index in [2.05, 4.69) is 5.16 Å². The van der Waals surface area contributed by atoms with Crippen molar-refractivity contribution in [2.45, 2.75) is 18.4 Å². The molecule has 0 aliphatic rings. The van der Waals surface area contributed by atoms with E-state index in [0.717, 1.165) is 17.9 Å². The highest BCUT2D eigenvalue weighted by atomic mass is 35.5. The van der Waals surface area contributed by atoms with Crippen molar-refractivity contribution >= 4 is 21.4 Å². The molecular weight excluding hydrogens is 400 g/mol. The highest BCUT2D eigenvalue weighted by molar-refractivity contribution is 7.90. The molecule has 0 radical (unpaired) electrons. The summed E-state index contributed by atoms with van der Waals surface area (Å²) in [6.07, 6.45) is 0.783. The fourth-order valence-electron chi connectivity index (χ4n) is 2.70. The molecule has 0 bridgehead atoms. The third kappa shape index (κ3) is 3.60. The van der Waals surface area contributed by atoms with Crippen LogP contribution in [0.2, 0.25) is 5.02 Å². The van der Waals surface area contributed by atoms with Gasteiger partial charge in [-0.1, -0.05) is 22.8 Å². The number of aromatic nitrogens is 1. The number of aryl methyl sites for hydroxylation is 1. The summed E-state index contributed by atoms with van der Waals surface area (Å²) in [6, 6.07) is 6.28. The van der Waals surface area contributed by atoms with Crippen LogP contribution in [0.1, 0.15) is 11.3 Å². The molecule has 1 heterocycles. The van der Waals surface area contributed by atoms with E-state index < -0.39 is 33.0 Å². The van der Waals surface area contributed by atoms with Crippen molar-refractivity contribution in [3.8, 4) is 22.4 Å². The van der Waals surface area contributed by atoms with Gasteiger partial charge in [0.25, 0.3) is 0 Å². The Morgan fingerprint density at radius 2 is 1.89 bits per heavy atom. The lowest BCUT2D eigenvalue weighted by Gasteiger charge is -2.09. The van der Waals surface area contributed by atoms with Crippen LogP contribution in [-0.2, 0) is 16.4 Å². The Bertz CT molecular complexity index is 1140. The number of hydrogen-bond acceptors (Lipinski definition) is 5. The molecule has 3 aromatic rings. The molecular formula is C18H14ClF2NO4S. The molecule has 5 nitrogen and oxygen atoms in total. The molecule has 0 saturated heterocycles. The first-order valence-electron chi connectivity index (χ1n) is 7.69. The van der Waals surface area contributed by atoms with Crippen LogP contribution in [0.5, 0.6) is 0 Å². The minimum absolute atomic E-state index is 0.0377. The molecule has 2 aromatic carbocycles. The van der Waals surface area contributed by atoms with Crippen molar-refractivity contribution in [1.29, 1.82) is 0 Å². The molecule has 0 spiro atoms. The summed E-state index contributed by atoms with van der Waals surface area (Å²) >= 11 is 6.01. The zero-order chi connectivity index (χ0) is 19.9. The summed E-state index contributed by atoms with van der Waals surface area (Å²) in [4.78, 5) is -0.755. The van der Waals surface area contributed by atoms with Gasteiger partial charge < -0.3 is 9.63 Å². The van der Waals surface area contributed by atoms with Crippen LogP contribution >= 0.6 is 11.6 Å². The van der Waals surface area contributed by atoms with E-state index in [1.54, 1.807) is 25.1 Å². The first-order valence-corrected chi connectivity index (χ1v) is 9.95. The first-order chi connectivity index (χ1) is 12.6. The monoisotopic (exact) mass is 413 g/mol. The van der Waals surface area contributed by atoms with Crippen molar-refractivity contribution in [1.82, 2.24) is 5.16 Å². The summed E-state index contributed by atoms with van der Waals surface area (Å²) in [7, 11) is -3.95. The van der Waals surface area contributed by atoms with Crippen LogP contribution < -0.4 is 0 Å². The number of rotatable bonds is 4. The largest absolute Gasteiger partial charge is 0.388 e. The number of halogens is 3. The summed E-state index contributed by atoms with van der Waals surface area (Å²) in [5, 5.41) is 13.9. The molecule has 0 amide bonds. The highest BCUT2D eigenvalue weighted by Gasteiger charge is 2.25. The normalized spacial score (nSPS) is 11.8. The Morgan fingerprint density at radius 3 is 2.48 bits per heavy atom. The Kier molecular flexibility index (Phi) is 5.07. The molecule has 27 heavy (non-hydrogen) atoms. The van der Waals surface area contributed by atoms with Crippen LogP contribution in [-0.4, -0.2) is 24.9 Å². The van der Waals surface area contributed by atoms with E-state index in [1.807, 2.05) is 0 Å². The van der Waals surface area contributed by atoms with Crippen molar-refractivity contribution in [3.05, 3.63) is 58.3 Å². The van der Waals surface area contributed by atoms with Gasteiger partial charge in [0.2, 0.25) is 0 Å². The number of aliphatic hydroxyl groups is 1. The van der Waals surface area contributed by atoms with E-state index in [4.69, 9.17) is 16.1 Å². The van der Waals surface area contributed by atoms with Crippen LogP contribution in [0.15, 0.2) is 39.8 Å². The Morgan fingerprint density at radius 1 is 1.19 bits per heavy atom. The van der Waals surface area contributed by atoms with Crippen LogP contribution in [0, 0.1) is 18.6 Å². The molecule has 0 aliphatic carbocycles. The minimum atomic E-state index is -3.95. The quantitative estimate of drug-likeness (QED) is 0.695. The second kappa shape index (κ2) is 7.03. The maximum Gasteiger partial charge on any atom is 0.178 e. The average molecular weight is 414 g/mol. The van der Waals surface area contributed by atoms with Gasteiger partial charge in [-0.25, -0.2) is 17.2 Å². The van der Waals surface area contributed by atoms with Gasteiger partial charge in [-0.2, -0.15) is 0 Å². The topological polar surface area (TPSA) is 80.4 Å². The van der Waals surface area contributed by atoms with Crippen LogP contribution in [0.25, 0.3) is 22.4 Å². The van der Waals surface area contributed by atoms with Crippen LogP contribution in [0.4, 0.5) is 8.78 Å². The fourth-order valence-corrected chi connectivity index (χ4v) is 3.55. The highest BCUT2D eigenvalue weighted by Crippen LogP contribution is 2.38. The number of sulfone groups is 1. The van der Waals surface area contributed by atoms with Gasteiger partial charge in [-0.15, -0.1) is 0 Å². The van der Waals surface area contributed by atoms with Gasteiger partial charge in [0.1, 0.15) is 28.8 Å². The zero-order valence-electron chi connectivity index (χ0n) is 14.3. The summed E-state index contributed by atoms with van der Waals surface area (Å²) < 4.78 is 57.3. The number of nitrogens with zero attached hydrogens (tertiary/aromatic N) is 1. The summed E-state index contributed by atoms with van der Waals surface area (Å²) in [5.74, 6) is -2.18. The molecule has 0 atom stereocenters. The van der Waals surface area contributed by atoms with Crippen LogP contribution in [0.3, 0.4) is 0 Å². The van der Waals surface area contributed by atoms with Crippen molar-refractivity contribution in [2.24, 2.45) is 0 Å². The maximum absolute atomic E-state index is 14.7. The lowest BCUT2D eigenvalue weighted by Crippen LogP contribution is -2.03. The molecule has 9 heteroatoms. The van der Waals surface area contributed by atoms with E-state index in [0.29, 0.717) is 16.7 Å². The smallest absolute Gasteiger partial charge is 0.178 e. The first kappa shape index (κ1) is 19.5. The second-order valence-electron chi connectivity index (χ2n) is 5.99. The van der Waals surface area contributed by atoms with E-state index in [-0.39, 0.29) is 22.6 Å². The third-order valence-corrected chi connectivity index (χ3v) is 5.56. The number of benzene rings is 2. The lowest BCUT2D eigenvalue weighted by atomic mass is 9.98. The van der Waals surface area contributed by atoms with Gasteiger partial charge in [0.15, 0.2) is 15.6 Å². The standard InChI is InChI=1S/C18H14ClF2NO4S/c1-9-5-10(3-4-12(9)19)18-17(15(8-23)26-22-18)11-6-14(21)16(7-13(11)20)27(2,24)25/h3-7,23H,8H2,1-2H3. The fraction of sp³-hybridized carbons (Fsp3) is 0.167. The number of aliphatic hydroxyl groups excluding tert-OH is 1. The third-order valence-electron chi connectivity index (χ3n) is 4.03. The maximum atomic E-state index is 14.7. The molecule has 0 saturated carbocycles. The van der Waals surface area contributed by atoms with E-state index in [9.17, 15) is 22.3 Å². The molecule has 142 valence electrons. The second-order valence-corrected chi connectivity index (χ2v) is 8.38. The molecule has 0 aliphatic heterocycles. The average Bonchev–Trinajstić information content (AvgIpc) is 3.01. The Balaban J connectivity index is 2.27. The molecule has 0 unspecified atom stereocenters. The predicted molar refractivity (Wildman–Crippen MR) is 96.1 cm³/mol. The zero-order valence-corrected chi connectivity index (χ0v) is 15.8. The number of hydrogen-bond donors (Lipinski definition) is 1. The SMILES string of the molecule is Cc1cc(-c2noc(CO)c2-c2cc(F)c(S(C)(=O)=O)cc2F)ccc1Cl. The van der Waals surface area contributed by atoms with Crippen molar-refractivity contribution in [2.75, 3.05) is 6.26 Å². The van der Waals surface area contributed by atoms with Gasteiger partial charge in [-0.05, 0) is 36.8 Å². The summed E-state index contributed by atoms with van der Waals surface area (Å²) in [5.41, 5.74) is 1.18. The summed E-state index contributed by atoms with van der Waals surface area (Å²) in [6.45, 7) is 1.16. The van der Waals surface area contributed by atoms with Gasteiger partial charge in [-0.3, -0.25) is 0 Å². The molecule has 0 fully saturated rings. The molecule has 3 rings (SSSR count).